The van der Waals surface area contributed by atoms with Crippen LogP contribution in [0, 0.1) is 12.7 Å². The van der Waals surface area contributed by atoms with Crippen LogP contribution < -0.4 is 23.9 Å². The molecular weight excluding hydrogens is 601 g/mol. The second-order valence-electron chi connectivity index (χ2n) is 11.7. The van der Waals surface area contributed by atoms with Crippen molar-refractivity contribution < 1.29 is 36.0 Å². The van der Waals surface area contributed by atoms with E-state index in [0.717, 1.165) is 11.3 Å². The van der Waals surface area contributed by atoms with Crippen LogP contribution in [0.25, 0.3) is 11.1 Å². The maximum absolute atomic E-state index is 14.1. The molecular formula is C33H40FN3O7S. The van der Waals surface area contributed by atoms with Crippen molar-refractivity contribution >= 4 is 27.4 Å². The number of methoxy groups -OCH3 is 1. The fourth-order valence-corrected chi connectivity index (χ4v) is 7.42. The molecule has 0 radical (unpaired) electrons. The molecule has 1 N–H and O–H groups in total. The molecule has 0 bridgehead atoms. The van der Waals surface area contributed by atoms with Gasteiger partial charge in [-0.2, -0.15) is 8.42 Å². The van der Waals surface area contributed by atoms with Crippen LogP contribution in [0.1, 0.15) is 38.3 Å². The van der Waals surface area contributed by atoms with Crippen LogP contribution in [-0.4, -0.2) is 70.6 Å². The molecule has 1 atom stereocenters. The summed E-state index contributed by atoms with van der Waals surface area (Å²) in [6.45, 7) is 9.22. The van der Waals surface area contributed by atoms with Crippen molar-refractivity contribution in [1.82, 2.24) is 4.90 Å². The number of amides is 1. The third-order valence-corrected chi connectivity index (χ3v) is 9.96. The summed E-state index contributed by atoms with van der Waals surface area (Å²) < 4.78 is 63.7. The molecule has 5 rings (SSSR count). The molecule has 2 aliphatic heterocycles. The van der Waals surface area contributed by atoms with Crippen molar-refractivity contribution in [2.45, 2.75) is 51.6 Å². The first-order chi connectivity index (χ1) is 21.4. The normalized spacial score (nSPS) is 17.3. The molecule has 0 saturated carbocycles. The van der Waals surface area contributed by atoms with E-state index in [1.54, 1.807) is 30.1 Å². The van der Waals surface area contributed by atoms with Gasteiger partial charge in [-0.05, 0) is 62.6 Å². The van der Waals surface area contributed by atoms with Gasteiger partial charge in [0.15, 0.2) is 0 Å². The number of fused-ring (bicyclic) bond motifs is 1. The summed E-state index contributed by atoms with van der Waals surface area (Å²) in [7, 11) is -0.807. The summed E-state index contributed by atoms with van der Waals surface area (Å²) in [5.41, 5.74) is 3.26. The maximum Gasteiger partial charge on any atom is 0.325 e. The minimum atomic E-state index is -4.01. The average molecular weight is 642 g/mol. The Morgan fingerprint density at radius 2 is 1.76 bits per heavy atom. The number of anilines is 2. The van der Waals surface area contributed by atoms with Crippen LogP contribution in [0.3, 0.4) is 0 Å². The van der Waals surface area contributed by atoms with Gasteiger partial charge in [-0.25, -0.2) is 4.39 Å². The van der Waals surface area contributed by atoms with Crippen molar-refractivity contribution in [1.29, 1.82) is 0 Å². The van der Waals surface area contributed by atoms with Crippen LogP contribution in [0.2, 0.25) is 0 Å². The zero-order valence-corrected chi connectivity index (χ0v) is 27.3. The number of hydrogen-bond acceptors (Lipinski definition) is 9. The van der Waals surface area contributed by atoms with E-state index in [1.807, 2.05) is 44.7 Å². The molecule has 1 unspecified atom stereocenters. The summed E-state index contributed by atoms with van der Waals surface area (Å²) in [6.07, 6.45) is 0.359. The van der Waals surface area contributed by atoms with Crippen molar-refractivity contribution in [3.05, 3.63) is 65.5 Å². The SMILES string of the molecule is CCC(N1CCOCC1)S(=O)(=O)Oc1ccc(-c2ccc3c(c2COc2cc(F)ccc2C)N(C)C(=O)C(C)(C)N3)c(OC)c1. The fourth-order valence-electron chi connectivity index (χ4n) is 5.95. The standard InChI is InChI=1S/C33H40FN3O7S/c1-7-30(37-14-16-42-17-15-37)45(39,40)44-23-10-11-25(29(19-23)41-6)24-12-13-27-31(36(5)32(38)33(3,4)35-27)26(24)20-43-28-18-22(34)9-8-21(28)2/h8-13,18-19,30,35H,7,14-17,20H2,1-6H3. The van der Waals surface area contributed by atoms with Gasteiger partial charge in [-0.15, -0.1) is 0 Å². The van der Waals surface area contributed by atoms with Gasteiger partial charge in [0, 0.05) is 43.4 Å². The molecule has 3 aromatic rings. The largest absolute Gasteiger partial charge is 0.496 e. The number of likely N-dealkylation sites (N-methyl/N-ethyl adjacent to an activating group) is 1. The first-order valence-electron chi connectivity index (χ1n) is 14.9. The third kappa shape index (κ3) is 6.58. The molecule has 2 heterocycles. The minimum absolute atomic E-state index is 0.00996. The number of carbonyl (C=O) groups excluding carboxylic acids is 1. The molecule has 12 heteroatoms. The molecule has 0 aliphatic carbocycles. The molecule has 1 amide bonds. The van der Waals surface area contributed by atoms with E-state index in [0.29, 0.717) is 66.6 Å². The van der Waals surface area contributed by atoms with Gasteiger partial charge >= 0.3 is 10.1 Å². The van der Waals surface area contributed by atoms with Gasteiger partial charge in [0.05, 0.1) is 31.7 Å². The molecule has 0 aromatic heterocycles. The van der Waals surface area contributed by atoms with Gasteiger partial charge in [0.25, 0.3) is 5.91 Å². The highest BCUT2D eigenvalue weighted by Gasteiger charge is 2.39. The van der Waals surface area contributed by atoms with E-state index >= 15 is 0 Å². The van der Waals surface area contributed by atoms with E-state index < -0.39 is 26.8 Å². The fraction of sp³-hybridized carbons (Fsp3) is 0.424. The van der Waals surface area contributed by atoms with Crippen molar-refractivity contribution in [2.75, 3.05) is 50.7 Å². The number of nitrogens with one attached hydrogen (secondary N) is 1. The number of benzene rings is 3. The molecule has 0 spiro atoms. The number of nitrogens with zero attached hydrogens (tertiary/aromatic N) is 2. The molecule has 1 fully saturated rings. The predicted molar refractivity (Wildman–Crippen MR) is 171 cm³/mol. The van der Waals surface area contributed by atoms with Gasteiger partial charge in [-0.3, -0.25) is 9.69 Å². The first-order valence-corrected chi connectivity index (χ1v) is 16.4. The van der Waals surface area contributed by atoms with Crippen LogP contribution >= 0.6 is 0 Å². The minimum Gasteiger partial charge on any atom is -0.496 e. The highest BCUT2D eigenvalue weighted by Crippen LogP contribution is 2.45. The Morgan fingerprint density at radius 3 is 2.44 bits per heavy atom. The van der Waals surface area contributed by atoms with Crippen molar-refractivity contribution in [2.24, 2.45) is 0 Å². The third-order valence-electron chi connectivity index (χ3n) is 8.24. The highest BCUT2D eigenvalue weighted by molar-refractivity contribution is 7.87. The number of ether oxygens (including phenoxy) is 3. The smallest absolute Gasteiger partial charge is 0.325 e. The monoisotopic (exact) mass is 641 g/mol. The number of hydrogen-bond donors (Lipinski definition) is 1. The molecule has 45 heavy (non-hydrogen) atoms. The Balaban J connectivity index is 1.55. The summed E-state index contributed by atoms with van der Waals surface area (Å²) >= 11 is 0. The Labute approximate surface area is 264 Å². The molecule has 1 saturated heterocycles. The van der Waals surface area contributed by atoms with Crippen LogP contribution in [0.5, 0.6) is 17.2 Å². The molecule has 3 aromatic carbocycles. The van der Waals surface area contributed by atoms with Crippen molar-refractivity contribution in [3.63, 3.8) is 0 Å². The van der Waals surface area contributed by atoms with Gasteiger partial charge in [0.1, 0.15) is 40.6 Å². The quantitative estimate of drug-likeness (QED) is 0.294. The second-order valence-corrected chi connectivity index (χ2v) is 13.4. The lowest BCUT2D eigenvalue weighted by atomic mass is 9.91. The Hall–Kier alpha value is -3.87. The van der Waals surface area contributed by atoms with E-state index in [1.165, 1.54) is 25.3 Å². The summed E-state index contributed by atoms with van der Waals surface area (Å²) in [5.74, 6) is 0.297. The summed E-state index contributed by atoms with van der Waals surface area (Å²) in [6, 6.07) is 13.0. The van der Waals surface area contributed by atoms with E-state index in [9.17, 15) is 17.6 Å². The maximum atomic E-state index is 14.1. The molecule has 242 valence electrons. The Morgan fingerprint density at radius 1 is 1.04 bits per heavy atom. The zero-order valence-electron chi connectivity index (χ0n) is 26.5. The average Bonchev–Trinajstić information content (AvgIpc) is 3.00. The van der Waals surface area contributed by atoms with Crippen LogP contribution in [0.4, 0.5) is 15.8 Å². The second kappa shape index (κ2) is 12.9. The zero-order chi connectivity index (χ0) is 32.5. The molecule has 2 aliphatic rings. The van der Waals surface area contributed by atoms with E-state index in [2.05, 4.69) is 5.32 Å². The van der Waals surface area contributed by atoms with Gasteiger partial charge in [-0.1, -0.05) is 19.1 Å². The first kappa shape index (κ1) is 32.5. The summed E-state index contributed by atoms with van der Waals surface area (Å²) in [5, 5.41) is 2.51. The molecule has 10 nitrogen and oxygen atoms in total. The summed E-state index contributed by atoms with van der Waals surface area (Å²) in [4.78, 5) is 16.8. The Bertz CT molecular complexity index is 1690. The van der Waals surface area contributed by atoms with Crippen molar-refractivity contribution in [3.8, 4) is 28.4 Å². The number of rotatable bonds is 10. The van der Waals surface area contributed by atoms with Crippen LogP contribution in [-0.2, 0) is 26.3 Å². The predicted octanol–water partition coefficient (Wildman–Crippen LogP) is 5.33. The number of carbonyl (C=O) groups is 1. The number of halogens is 1. The van der Waals surface area contributed by atoms with E-state index in [-0.39, 0.29) is 18.3 Å². The topological polar surface area (TPSA) is 107 Å². The van der Waals surface area contributed by atoms with Gasteiger partial charge < -0.3 is 28.6 Å². The van der Waals surface area contributed by atoms with Gasteiger partial charge in [0.2, 0.25) is 0 Å². The van der Waals surface area contributed by atoms with Crippen LogP contribution in [0.15, 0.2) is 48.5 Å². The highest BCUT2D eigenvalue weighted by atomic mass is 32.2. The lowest BCUT2D eigenvalue weighted by Gasteiger charge is -2.39. The van der Waals surface area contributed by atoms with E-state index in [4.69, 9.17) is 18.4 Å². The Kier molecular flexibility index (Phi) is 9.29. The number of morpholine rings is 1. The number of aryl methyl sites for hydroxylation is 1. The lowest BCUT2D eigenvalue weighted by Crippen LogP contribution is -2.52. The lowest BCUT2D eigenvalue weighted by molar-refractivity contribution is -0.121.